The van der Waals surface area contributed by atoms with Crippen molar-refractivity contribution in [3.8, 4) is 11.3 Å². The molecule has 0 saturated carbocycles. The van der Waals surface area contributed by atoms with E-state index in [2.05, 4.69) is 15.1 Å². The molecule has 0 amide bonds. The van der Waals surface area contributed by atoms with Crippen LogP contribution in [0.5, 0.6) is 0 Å². The van der Waals surface area contributed by atoms with E-state index in [4.69, 9.17) is 16.7 Å². The van der Waals surface area contributed by atoms with Crippen LogP contribution in [0, 0.1) is 0 Å². The maximum absolute atomic E-state index is 10.8. The molecule has 0 aromatic carbocycles. The first-order valence-corrected chi connectivity index (χ1v) is 4.71. The molecule has 0 bridgehead atoms. The van der Waals surface area contributed by atoms with Gasteiger partial charge in [-0.05, 0) is 17.7 Å². The molecule has 0 aliphatic heterocycles. The maximum Gasteiger partial charge on any atom is 0.354 e. The Morgan fingerprint density at radius 2 is 2.18 bits per heavy atom. The Morgan fingerprint density at radius 3 is 2.71 bits per heavy atom. The average molecular weight is 278 g/mol. The van der Waals surface area contributed by atoms with Gasteiger partial charge in [0.05, 0.1) is 11.9 Å². The first-order valence-electron chi connectivity index (χ1n) is 4.33. The van der Waals surface area contributed by atoms with Crippen molar-refractivity contribution in [3.05, 3.63) is 29.4 Å². The summed E-state index contributed by atoms with van der Waals surface area (Å²) in [5.41, 5.74) is 0.985. The SMILES string of the molecule is Cn1cc(-c2cc(C(=O)O)nc(Cl)n2)cn1.[K]. The minimum Gasteiger partial charge on any atom is -0.477 e. The molecule has 0 aliphatic rings. The third-order valence-electron chi connectivity index (χ3n) is 1.92. The number of rotatable bonds is 2. The third-order valence-corrected chi connectivity index (χ3v) is 2.09. The van der Waals surface area contributed by atoms with Crippen molar-refractivity contribution < 1.29 is 9.90 Å². The van der Waals surface area contributed by atoms with Crippen LogP contribution in [0.4, 0.5) is 0 Å². The molecule has 2 heterocycles. The molecular weight excluding hydrogens is 271 g/mol. The summed E-state index contributed by atoms with van der Waals surface area (Å²) in [6.07, 6.45) is 3.29. The number of halogens is 1. The van der Waals surface area contributed by atoms with Gasteiger partial charge in [-0.3, -0.25) is 4.68 Å². The average Bonchev–Trinajstić information content (AvgIpc) is 2.64. The van der Waals surface area contributed by atoms with Crippen LogP contribution in [0.15, 0.2) is 18.5 Å². The van der Waals surface area contributed by atoms with Gasteiger partial charge in [-0.1, -0.05) is 0 Å². The van der Waals surface area contributed by atoms with Gasteiger partial charge in [0, 0.05) is 70.2 Å². The number of aromatic nitrogens is 4. The van der Waals surface area contributed by atoms with Crippen molar-refractivity contribution in [2.45, 2.75) is 0 Å². The third kappa shape index (κ3) is 3.57. The van der Waals surface area contributed by atoms with Gasteiger partial charge in [-0.2, -0.15) is 5.10 Å². The molecule has 2 aromatic heterocycles. The molecule has 83 valence electrons. The molecule has 1 radical (unpaired) electrons. The second-order valence-corrected chi connectivity index (χ2v) is 3.45. The van der Waals surface area contributed by atoms with Crippen molar-refractivity contribution in [2.75, 3.05) is 0 Å². The second kappa shape index (κ2) is 6.03. The molecule has 2 rings (SSSR count). The zero-order valence-electron chi connectivity index (χ0n) is 9.25. The van der Waals surface area contributed by atoms with Crippen LogP contribution in [0.25, 0.3) is 11.3 Å². The van der Waals surface area contributed by atoms with Crippen molar-refractivity contribution in [1.82, 2.24) is 19.7 Å². The summed E-state index contributed by atoms with van der Waals surface area (Å²) in [7, 11) is 1.75. The molecule has 0 spiro atoms. The molecule has 1 N–H and O–H groups in total. The standard InChI is InChI=1S/C9H7ClN4O2.K/c1-14-4-5(3-11-14)6-2-7(8(15)16)13-9(10)12-6;/h2-4H,1H3,(H,15,16);. The van der Waals surface area contributed by atoms with E-state index in [0.29, 0.717) is 11.3 Å². The number of carboxylic acids is 1. The van der Waals surface area contributed by atoms with E-state index in [1.165, 1.54) is 6.07 Å². The van der Waals surface area contributed by atoms with Gasteiger partial charge in [-0.25, -0.2) is 14.8 Å². The Morgan fingerprint density at radius 1 is 1.47 bits per heavy atom. The van der Waals surface area contributed by atoms with Gasteiger partial charge in [0.2, 0.25) is 5.28 Å². The van der Waals surface area contributed by atoms with Gasteiger partial charge in [0.25, 0.3) is 0 Å². The predicted octanol–water partition coefficient (Wildman–Crippen LogP) is 0.848. The van der Waals surface area contributed by atoms with E-state index in [-0.39, 0.29) is 62.4 Å². The van der Waals surface area contributed by atoms with Crippen LogP contribution in [0.3, 0.4) is 0 Å². The van der Waals surface area contributed by atoms with Crippen molar-refractivity contribution in [1.29, 1.82) is 0 Å². The summed E-state index contributed by atoms with van der Waals surface area (Å²) in [6.45, 7) is 0. The molecule has 0 saturated heterocycles. The Balaban J connectivity index is 0.00000144. The normalized spacial score (nSPS) is 9.76. The zero-order chi connectivity index (χ0) is 11.7. The molecule has 2 aromatic rings. The van der Waals surface area contributed by atoms with Gasteiger partial charge in [0.1, 0.15) is 0 Å². The fourth-order valence-electron chi connectivity index (χ4n) is 1.23. The second-order valence-electron chi connectivity index (χ2n) is 3.12. The number of aromatic carboxylic acids is 1. The molecule has 0 atom stereocenters. The van der Waals surface area contributed by atoms with Gasteiger partial charge < -0.3 is 5.11 Å². The monoisotopic (exact) mass is 277 g/mol. The minimum atomic E-state index is -1.14. The van der Waals surface area contributed by atoms with Crippen LogP contribution in [0.1, 0.15) is 10.5 Å². The number of aryl methyl sites for hydroxylation is 1. The first kappa shape index (κ1) is 14.7. The molecule has 8 heteroatoms. The Kier molecular flexibility index (Phi) is 5.23. The molecular formula is C9H7ClKN4O2. The fraction of sp³-hybridized carbons (Fsp3) is 0.111. The fourth-order valence-corrected chi connectivity index (χ4v) is 1.41. The quantitative estimate of drug-likeness (QED) is 0.650. The summed E-state index contributed by atoms with van der Waals surface area (Å²) < 4.78 is 1.59. The van der Waals surface area contributed by atoms with Gasteiger partial charge in [-0.15, -0.1) is 0 Å². The van der Waals surface area contributed by atoms with Crippen LogP contribution in [-0.4, -0.2) is 82.2 Å². The Labute approximate surface area is 144 Å². The van der Waals surface area contributed by atoms with E-state index in [1.807, 2.05) is 0 Å². The topological polar surface area (TPSA) is 80.9 Å². The summed E-state index contributed by atoms with van der Waals surface area (Å²) in [5, 5.41) is 12.7. The summed E-state index contributed by atoms with van der Waals surface area (Å²) in [4.78, 5) is 18.3. The summed E-state index contributed by atoms with van der Waals surface area (Å²) in [6, 6.07) is 1.35. The number of hydrogen-bond acceptors (Lipinski definition) is 4. The van der Waals surface area contributed by atoms with Gasteiger partial charge in [0.15, 0.2) is 5.69 Å². The summed E-state index contributed by atoms with van der Waals surface area (Å²) >= 11 is 5.64. The number of carboxylic acid groups (broad SMARTS) is 1. The molecule has 0 aliphatic carbocycles. The maximum atomic E-state index is 10.8. The predicted molar refractivity (Wildman–Crippen MR) is 62.0 cm³/mol. The van der Waals surface area contributed by atoms with E-state index < -0.39 is 5.97 Å². The van der Waals surface area contributed by atoms with Crippen LogP contribution in [-0.2, 0) is 7.05 Å². The zero-order valence-corrected chi connectivity index (χ0v) is 13.1. The number of nitrogens with zero attached hydrogens (tertiary/aromatic N) is 4. The summed E-state index contributed by atoms with van der Waals surface area (Å²) in [5.74, 6) is -1.14. The van der Waals surface area contributed by atoms with Crippen molar-refractivity contribution in [3.63, 3.8) is 0 Å². The van der Waals surface area contributed by atoms with Crippen molar-refractivity contribution in [2.24, 2.45) is 7.05 Å². The van der Waals surface area contributed by atoms with E-state index in [9.17, 15) is 4.79 Å². The van der Waals surface area contributed by atoms with Crippen LogP contribution >= 0.6 is 11.6 Å². The van der Waals surface area contributed by atoms with Crippen molar-refractivity contribution >= 4 is 69.0 Å². The minimum absolute atomic E-state index is 0. The van der Waals surface area contributed by atoms with Crippen LogP contribution in [0.2, 0.25) is 5.28 Å². The molecule has 17 heavy (non-hydrogen) atoms. The first-order chi connectivity index (χ1) is 7.56. The van der Waals surface area contributed by atoms with E-state index >= 15 is 0 Å². The van der Waals surface area contributed by atoms with E-state index in [1.54, 1.807) is 24.1 Å². The number of hydrogen-bond donors (Lipinski definition) is 1. The van der Waals surface area contributed by atoms with Crippen LogP contribution < -0.4 is 0 Å². The molecule has 6 nitrogen and oxygen atoms in total. The Bertz CT molecular complexity index is 558. The largest absolute Gasteiger partial charge is 0.477 e. The number of carbonyl (C=O) groups is 1. The Hall–Kier alpha value is -0.314. The van der Waals surface area contributed by atoms with Gasteiger partial charge >= 0.3 is 5.97 Å². The molecule has 0 unspecified atom stereocenters. The van der Waals surface area contributed by atoms with E-state index in [0.717, 1.165) is 0 Å². The smallest absolute Gasteiger partial charge is 0.354 e. The molecule has 0 fully saturated rings.